The number of aliphatic hydroxyl groups excluding tert-OH is 1. The normalized spacial score (nSPS) is 17.2. The lowest BCUT2D eigenvalue weighted by molar-refractivity contribution is -0.193. The fraction of sp³-hybridized carbons (Fsp3) is 1.00. The van der Waals surface area contributed by atoms with E-state index in [0.717, 1.165) is 0 Å². The zero-order valence-electron chi connectivity index (χ0n) is 9.25. The number of aliphatic hydroxyl groups is 1. The van der Waals surface area contributed by atoms with Crippen molar-refractivity contribution in [2.45, 2.75) is 45.1 Å². The largest absolute Gasteiger partial charge is 0.405 e. The Bertz CT molecular complexity index is 183. The zero-order valence-corrected chi connectivity index (χ0v) is 9.25. The van der Waals surface area contributed by atoms with Crippen molar-refractivity contribution in [1.29, 1.82) is 0 Å². The van der Waals surface area contributed by atoms with Crippen LogP contribution in [0.2, 0.25) is 0 Å². The van der Waals surface area contributed by atoms with Gasteiger partial charge in [-0.1, -0.05) is 0 Å². The number of hydrogen-bond donors (Lipinski definition) is 2. The topological polar surface area (TPSA) is 49.5 Å². The summed E-state index contributed by atoms with van der Waals surface area (Å²) in [6.07, 6.45) is -4.37. The minimum atomic E-state index is -4.37. The van der Waals surface area contributed by atoms with Crippen LogP contribution < -0.4 is 5.73 Å². The van der Waals surface area contributed by atoms with Crippen LogP contribution in [0.5, 0.6) is 0 Å². The Morgan fingerprint density at radius 2 is 1.73 bits per heavy atom. The van der Waals surface area contributed by atoms with Gasteiger partial charge in [0.2, 0.25) is 0 Å². The highest BCUT2D eigenvalue weighted by molar-refractivity contribution is 4.87. The lowest BCUT2D eigenvalue weighted by Gasteiger charge is -2.37. The molecule has 0 heterocycles. The number of nitrogens with two attached hydrogens (primary N) is 1. The molecule has 0 amide bonds. The molecule has 2 unspecified atom stereocenters. The highest BCUT2D eigenvalue weighted by Gasteiger charge is 2.46. The number of halogens is 3. The first-order valence-corrected chi connectivity index (χ1v) is 4.90. The summed E-state index contributed by atoms with van der Waals surface area (Å²) >= 11 is 0. The predicted octanol–water partition coefficient (Wildman–Crippen LogP) is 0.967. The van der Waals surface area contributed by atoms with Gasteiger partial charge in [0, 0.05) is 18.6 Å². The third-order valence-corrected chi connectivity index (χ3v) is 2.21. The molecule has 0 rings (SSSR count). The van der Waals surface area contributed by atoms with E-state index in [1.807, 2.05) is 0 Å². The molecule has 2 atom stereocenters. The van der Waals surface area contributed by atoms with E-state index in [2.05, 4.69) is 0 Å². The quantitative estimate of drug-likeness (QED) is 0.737. The third kappa shape index (κ3) is 4.36. The molecule has 0 aliphatic rings. The molecule has 6 heteroatoms. The molecule has 3 N–H and O–H groups in total. The van der Waals surface area contributed by atoms with Gasteiger partial charge in [0.15, 0.2) is 0 Å². The second-order valence-corrected chi connectivity index (χ2v) is 3.90. The van der Waals surface area contributed by atoms with Crippen molar-refractivity contribution in [3.05, 3.63) is 0 Å². The van der Waals surface area contributed by atoms with Gasteiger partial charge in [-0.25, -0.2) is 0 Å². The van der Waals surface area contributed by atoms with E-state index in [4.69, 9.17) is 10.8 Å². The number of nitrogens with zero attached hydrogens (tertiary/aromatic N) is 1. The Morgan fingerprint density at radius 1 is 1.27 bits per heavy atom. The average molecular weight is 228 g/mol. The van der Waals surface area contributed by atoms with Gasteiger partial charge in [-0.15, -0.1) is 0 Å². The van der Waals surface area contributed by atoms with Crippen LogP contribution >= 0.6 is 0 Å². The highest BCUT2D eigenvalue weighted by Crippen LogP contribution is 2.27. The minimum Gasteiger partial charge on any atom is -0.395 e. The molecule has 0 fully saturated rings. The smallest absolute Gasteiger partial charge is 0.395 e. The monoisotopic (exact) mass is 228 g/mol. The molecule has 0 radical (unpaired) electrons. The summed E-state index contributed by atoms with van der Waals surface area (Å²) in [5.41, 5.74) is 5.35. The molecular weight excluding hydrogens is 209 g/mol. The van der Waals surface area contributed by atoms with Crippen molar-refractivity contribution in [3.8, 4) is 0 Å². The number of hydrogen-bond acceptors (Lipinski definition) is 3. The first kappa shape index (κ1) is 14.7. The molecule has 92 valence electrons. The van der Waals surface area contributed by atoms with Crippen molar-refractivity contribution < 1.29 is 18.3 Å². The first-order valence-electron chi connectivity index (χ1n) is 4.90. The molecule has 0 aliphatic heterocycles. The van der Waals surface area contributed by atoms with Gasteiger partial charge >= 0.3 is 6.18 Å². The van der Waals surface area contributed by atoms with E-state index in [0.29, 0.717) is 0 Å². The van der Waals surface area contributed by atoms with E-state index in [-0.39, 0.29) is 19.2 Å². The Kier molecular flexibility index (Phi) is 5.55. The van der Waals surface area contributed by atoms with Gasteiger partial charge < -0.3 is 10.8 Å². The molecular formula is C9H19F3N2O. The van der Waals surface area contributed by atoms with Gasteiger partial charge in [-0.3, -0.25) is 4.90 Å². The van der Waals surface area contributed by atoms with Crippen molar-refractivity contribution in [3.63, 3.8) is 0 Å². The first-order chi connectivity index (χ1) is 6.71. The summed E-state index contributed by atoms with van der Waals surface area (Å²) in [4.78, 5) is 1.17. The van der Waals surface area contributed by atoms with Crippen molar-refractivity contribution in [1.82, 2.24) is 4.90 Å². The molecule has 0 spiro atoms. The van der Waals surface area contributed by atoms with Crippen molar-refractivity contribution in [2.75, 3.05) is 13.2 Å². The van der Waals surface area contributed by atoms with E-state index in [1.54, 1.807) is 13.8 Å². The van der Waals surface area contributed by atoms with Crippen molar-refractivity contribution in [2.24, 2.45) is 5.73 Å². The van der Waals surface area contributed by atoms with Crippen LogP contribution in [0.3, 0.4) is 0 Å². The Labute approximate surface area is 88.0 Å². The zero-order chi connectivity index (χ0) is 12.2. The van der Waals surface area contributed by atoms with E-state index < -0.39 is 18.3 Å². The van der Waals surface area contributed by atoms with Gasteiger partial charge in [0.25, 0.3) is 0 Å². The van der Waals surface area contributed by atoms with Crippen LogP contribution in [0.25, 0.3) is 0 Å². The molecule has 0 aromatic rings. The molecule has 0 saturated heterocycles. The van der Waals surface area contributed by atoms with Gasteiger partial charge in [0.05, 0.1) is 6.61 Å². The second kappa shape index (κ2) is 5.67. The molecule has 0 saturated carbocycles. The Balaban J connectivity index is 4.85. The molecule has 0 aromatic heterocycles. The summed E-state index contributed by atoms with van der Waals surface area (Å²) in [5.74, 6) is 0. The number of rotatable bonds is 5. The van der Waals surface area contributed by atoms with Crippen LogP contribution in [-0.4, -0.2) is 47.5 Å². The molecule has 3 nitrogen and oxygen atoms in total. The standard InChI is InChI=1S/C9H19F3N2O/c1-6(2)14(4-5-15)8(7(3)13)9(10,11)12/h6-8,15H,4-5,13H2,1-3H3. The molecule has 15 heavy (non-hydrogen) atoms. The lowest BCUT2D eigenvalue weighted by atomic mass is 10.1. The van der Waals surface area contributed by atoms with Crippen LogP contribution in [0.15, 0.2) is 0 Å². The van der Waals surface area contributed by atoms with E-state index in [1.165, 1.54) is 11.8 Å². The summed E-state index contributed by atoms with van der Waals surface area (Å²) in [5, 5.41) is 8.73. The highest BCUT2D eigenvalue weighted by atomic mass is 19.4. The predicted molar refractivity (Wildman–Crippen MR) is 52.4 cm³/mol. The Morgan fingerprint density at radius 3 is 1.93 bits per heavy atom. The van der Waals surface area contributed by atoms with Crippen molar-refractivity contribution >= 4 is 0 Å². The maximum atomic E-state index is 12.7. The third-order valence-electron chi connectivity index (χ3n) is 2.21. The van der Waals surface area contributed by atoms with Gasteiger partial charge in [-0.2, -0.15) is 13.2 Å². The average Bonchev–Trinajstić information content (AvgIpc) is 1.99. The fourth-order valence-corrected chi connectivity index (χ4v) is 1.62. The lowest BCUT2D eigenvalue weighted by Crippen LogP contribution is -2.57. The molecule has 0 aliphatic carbocycles. The Hall–Kier alpha value is -0.330. The van der Waals surface area contributed by atoms with E-state index in [9.17, 15) is 13.2 Å². The molecule has 0 bridgehead atoms. The maximum Gasteiger partial charge on any atom is 0.405 e. The van der Waals surface area contributed by atoms with E-state index >= 15 is 0 Å². The van der Waals surface area contributed by atoms with Gasteiger partial charge in [0.1, 0.15) is 6.04 Å². The second-order valence-electron chi connectivity index (χ2n) is 3.90. The summed E-state index contributed by atoms with van der Waals surface area (Å²) in [6, 6.07) is -3.03. The summed E-state index contributed by atoms with van der Waals surface area (Å²) in [6.45, 7) is 4.29. The van der Waals surface area contributed by atoms with Crippen LogP contribution in [0.4, 0.5) is 13.2 Å². The number of alkyl halides is 3. The summed E-state index contributed by atoms with van der Waals surface area (Å²) in [7, 11) is 0. The van der Waals surface area contributed by atoms with Crippen LogP contribution in [-0.2, 0) is 0 Å². The van der Waals surface area contributed by atoms with Gasteiger partial charge in [-0.05, 0) is 20.8 Å². The minimum absolute atomic E-state index is 0.0244. The SMILES string of the molecule is CC(N)C(N(CCO)C(C)C)C(F)(F)F. The maximum absolute atomic E-state index is 12.7. The molecule has 0 aromatic carbocycles. The van der Waals surface area contributed by atoms with Crippen LogP contribution in [0.1, 0.15) is 20.8 Å². The van der Waals surface area contributed by atoms with Crippen LogP contribution in [0, 0.1) is 0 Å². The summed E-state index contributed by atoms with van der Waals surface area (Å²) < 4.78 is 38.1. The fourth-order valence-electron chi connectivity index (χ4n) is 1.62.